The van der Waals surface area contributed by atoms with E-state index in [0.717, 1.165) is 60.9 Å². The van der Waals surface area contributed by atoms with Crippen LogP contribution >= 0.6 is 0 Å². The molecule has 4 rings (SSSR count). The normalized spacial score (nSPS) is 15.2. The van der Waals surface area contributed by atoms with Gasteiger partial charge in [0.25, 0.3) is 0 Å². The molecule has 1 saturated heterocycles. The molecule has 0 aromatic heterocycles. The number of nitrogens with zero attached hydrogens (tertiary/aromatic N) is 2. The van der Waals surface area contributed by atoms with E-state index in [0.29, 0.717) is 0 Å². The number of piperazine rings is 1. The van der Waals surface area contributed by atoms with Gasteiger partial charge in [-0.05, 0) is 47.5 Å². The van der Waals surface area contributed by atoms with E-state index in [-0.39, 0.29) is 17.7 Å². The van der Waals surface area contributed by atoms with E-state index >= 15 is 0 Å². The first-order valence-corrected chi connectivity index (χ1v) is 11.4. The SMILES string of the molecule is COc1ccc(C=CCN2CCN(C(c3ccc(F)cc3)c3ccc(F)cc3)CC2)c(OC)c1. The molecular formula is C28H30F2N2O2. The number of hydrogen-bond acceptors (Lipinski definition) is 4. The summed E-state index contributed by atoms with van der Waals surface area (Å²) in [6.45, 7) is 4.37. The van der Waals surface area contributed by atoms with Gasteiger partial charge >= 0.3 is 0 Å². The highest BCUT2D eigenvalue weighted by molar-refractivity contribution is 5.59. The molecule has 3 aromatic carbocycles. The van der Waals surface area contributed by atoms with Crippen molar-refractivity contribution in [2.75, 3.05) is 46.9 Å². The monoisotopic (exact) mass is 464 g/mol. The molecule has 0 atom stereocenters. The third-order valence-electron chi connectivity index (χ3n) is 6.25. The van der Waals surface area contributed by atoms with Gasteiger partial charge in [-0.25, -0.2) is 8.78 Å². The van der Waals surface area contributed by atoms with Gasteiger partial charge in [-0.1, -0.05) is 36.4 Å². The Balaban J connectivity index is 1.41. The van der Waals surface area contributed by atoms with Crippen LogP contribution in [0.2, 0.25) is 0 Å². The number of hydrogen-bond donors (Lipinski definition) is 0. The van der Waals surface area contributed by atoms with Crippen LogP contribution in [-0.4, -0.2) is 56.7 Å². The molecule has 0 unspecified atom stereocenters. The summed E-state index contributed by atoms with van der Waals surface area (Å²) < 4.78 is 37.8. The average molecular weight is 465 g/mol. The zero-order valence-electron chi connectivity index (χ0n) is 19.6. The first-order chi connectivity index (χ1) is 16.6. The van der Waals surface area contributed by atoms with Crippen LogP contribution in [0.3, 0.4) is 0 Å². The summed E-state index contributed by atoms with van der Waals surface area (Å²) in [6.07, 6.45) is 4.22. The van der Waals surface area contributed by atoms with E-state index < -0.39 is 0 Å². The lowest BCUT2D eigenvalue weighted by Gasteiger charge is -2.39. The third-order valence-corrected chi connectivity index (χ3v) is 6.25. The van der Waals surface area contributed by atoms with Gasteiger partial charge in [-0.15, -0.1) is 0 Å². The van der Waals surface area contributed by atoms with E-state index in [2.05, 4.69) is 22.0 Å². The Hall–Kier alpha value is -3.22. The minimum Gasteiger partial charge on any atom is -0.497 e. The van der Waals surface area contributed by atoms with Crippen LogP contribution in [0.5, 0.6) is 11.5 Å². The molecule has 0 bridgehead atoms. The van der Waals surface area contributed by atoms with Crippen LogP contribution in [0.4, 0.5) is 8.78 Å². The largest absolute Gasteiger partial charge is 0.497 e. The summed E-state index contributed by atoms with van der Waals surface area (Å²) in [5.74, 6) is 1.03. The van der Waals surface area contributed by atoms with Crippen molar-refractivity contribution in [3.63, 3.8) is 0 Å². The van der Waals surface area contributed by atoms with Gasteiger partial charge in [-0.2, -0.15) is 0 Å². The summed E-state index contributed by atoms with van der Waals surface area (Å²) in [7, 11) is 3.30. The fraction of sp³-hybridized carbons (Fsp3) is 0.286. The topological polar surface area (TPSA) is 24.9 Å². The molecule has 0 N–H and O–H groups in total. The Bertz CT molecular complexity index is 1050. The maximum absolute atomic E-state index is 13.5. The molecule has 1 aliphatic heterocycles. The molecule has 4 nitrogen and oxygen atoms in total. The molecule has 1 fully saturated rings. The molecule has 1 aliphatic rings. The molecule has 178 valence electrons. The van der Waals surface area contributed by atoms with Crippen molar-refractivity contribution in [1.82, 2.24) is 9.80 Å². The van der Waals surface area contributed by atoms with E-state index in [1.807, 2.05) is 42.5 Å². The molecular weight excluding hydrogens is 434 g/mol. The van der Waals surface area contributed by atoms with Gasteiger partial charge in [0, 0.05) is 44.4 Å². The maximum atomic E-state index is 13.5. The van der Waals surface area contributed by atoms with Crippen LogP contribution in [0.1, 0.15) is 22.7 Å². The number of benzene rings is 3. The predicted molar refractivity (Wildman–Crippen MR) is 131 cm³/mol. The van der Waals surface area contributed by atoms with Gasteiger partial charge in [-0.3, -0.25) is 9.80 Å². The fourth-order valence-corrected chi connectivity index (χ4v) is 4.39. The van der Waals surface area contributed by atoms with Crippen molar-refractivity contribution in [1.29, 1.82) is 0 Å². The minimum atomic E-state index is -0.258. The third kappa shape index (κ3) is 5.82. The number of methoxy groups -OCH3 is 2. The lowest BCUT2D eigenvalue weighted by atomic mass is 9.96. The van der Waals surface area contributed by atoms with Crippen LogP contribution in [0.15, 0.2) is 72.8 Å². The predicted octanol–water partition coefficient (Wildman–Crippen LogP) is 5.40. The summed E-state index contributed by atoms with van der Waals surface area (Å²) in [6, 6.07) is 19.0. The summed E-state index contributed by atoms with van der Waals surface area (Å²) in [5, 5.41) is 0. The first kappa shape index (κ1) is 23.9. The van der Waals surface area contributed by atoms with Gasteiger partial charge < -0.3 is 9.47 Å². The van der Waals surface area contributed by atoms with Gasteiger partial charge in [0.05, 0.1) is 20.3 Å². The highest BCUT2D eigenvalue weighted by Crippen LogP contribution is 2.30. The molecule has 6 heteroatoms. The standard InChI is InChI=1S/C28H30F2N2O2/c1-33-26-14-9-21(27(20-26)34-2)4-3-15-31-16-18-32(19-17-31)28(22-5-10-24(29)11-6-22)23-7-12-25(30)13-8-23/h3-14,20,28H,15-19H2,1-2H3. The second-order valence-electron chi connectivity index (χ2n) is 8.35. The highest BCUT2D eigenvalue weighted by Gasteiger charge is 2.26. The van der Waals surface area contributed by atoms with Crippen molar-refractivity contribution in [2.24, 2.45) is 0 Å². The highest BCUT2D eigenvalue weighted by atomic mass is 19.1. The number of rotatable bonds is 8. The molecule has 0 saturated carbocycles. The van der Waals surface area contributed by atoms with E-state index in [1.54, 1.807) is 14.2 Å². The van der Waals surface area contributed by atoms with Gasteiger partial charge in [0.15, 0.2) is 0 Å². The van der Waals surface area contributed by atoms with E-state index in [1.165, 1.54) is 24.3 Å². The molecule has 34 heavy (non-hydrogen) atoms. The lowest BCUT2D eigenvalue weighted by molar-refractivity contribution is 0.118. The van der Waals surface area contributed by atoms with E-state index in [4.69, 9.17) is 9.47 Å². The Morgan fingerprint density at radius 1 is 0.794 bits per heavy atom. The van der Waals surface area contributed by atoms with Gasteiger partial charge in [0.1, 0.15) is 23.1 Å². The Labute approximate surface area is 200 Å². The summed E-state index contributed by atoms with van der Waals surface area (Å²) in [4.78, 5) is 4.78. The molecule has 0 aliphatic carbocycles. The molecule has 1 heterocycles. The van der Waals surface area contributed by atoms with Crippen LogP contribution in [0.25, 0.3) is 6.08 Å². The van der Waals surface area contributed by atoms with Crippen molar-refractivity contribution < 1.29 is 18.3 Å². The summed E-state index contributed by atoms with van der Waals surface area (Å²) in [5.41, 5.74) is 3.02. The van der Waals surface area contributed by atoms with E-state index in [9.17, 15) is 8.78 Å². The quantitative estimate of drug-likeness (QED) is 0.446. The first-order valence-electron chi connectivity index (χ1n) is 11.4. The Morgan fingerprint density at radius 3 is 1.91 bits per heavy atom. The van der Waals surface area contributed by atoms with Crippen molar-refractivity contribution in [2.45, 2.75) is 6.04 Å². The lowest BCUT2D eigenvalue weighted by Crippen LogP contribution is -2.47. The van der Waals surface area contributed by atoms with Crippen molar-refractivity contribution >= 4 is 6.08 Å². The van der Waals surface area contributed by atoms with Gasteiger partial charge in [0.2, 0.25) is 0 Å². The summed E-state index contributed by atoms with van der Waals surface area (Å²) >= 11 is 0. The van der Waals surface area contributed by atoms with Crippen LogP contribution in [0, 0.1) is 11.6 Å². The second-order valence-corrected chi connectivity index (χ2v) is 8.35. The second kappa shape index (κ2) is 11.3. The molecule has 3 aromatic rings. The maximum Gasteiger partial charge on any atom is 0.129 e. The fourth-order valence-electron chi connectivity index (χ4n) is 4.39. The smallest absolute Gasteiger partial charge is 0.129 e. The average Bonchev–Trinajstić information content (AvgIpc) is 2.87. The van der Waals surface area contributed by atoms with Crippen molar-refractivity contribution in [3.8, 4) is 11.5 Å². The van der Waals surface area contributed by atoms with Crippen molar-refractivity contribution in [3.05, 3.63) is 101 Å². The zero-order valence-corrected chi connectivity index (χ0v) is 19.6. The van der Waals surface area contributed by atoms with Crippen LogP contribution < -0.4 is 9.47 Å². The zero-order chi connectivity index (χ0) is 23.9. The molecule has 0 radical (unpaired) electrons. The van der Waals surface area contributed by atoms with Crippen LogP contribution in [-0.2, 0) is 0 Å². The minimum absolute atomic E-state index is 0.0394. The molecule has 0 amide bonds. The Kier molecular flexibility index (Phi) is 7.93. The number of ether oxygens (including phenoxy) is 2. The molecule has 0 spiro atoms. The number of halogens is 2. The Morgan fingerprint density at radius 2 is 1.38 bits per heavy atom.